The lowest BCUT2D eigenvalue weighted by atomic mass is 9.97. The molecule has 1 aliphatic carbocycles. The van der Waals surface area contributed by atoms with Crippen LogP contribution in [-0.2, 0) is 13.5 Å². The van der Waals surface area contributed by atoms with E-state index in [4.69, 9.17) is 4.74 Å². The summed E-state index contributed by atoms with van der Waals surface area (Å²) in [4.78, 5) is 38.7. The van der Waals surface area contributed by atoms with E-state index in [0.717, 1.165) is 39.7 Å². The van der Waals surface area contributed by atoms with Crippen molar-refractivity contribution in [2.24, 2.45) is 13.0 Å². The maximum absolute atomic E-state index is 12.5. The fourth-order valence-electron chi connectivity index (χ4n) is 3.89. The van der Waals surface area contributed by atoms with Gasteiger partial charge < -0.3 is 4.74 Å². The average Bonchev–Trinajstić information content (AvgIpc) is 3.22. The lowest BCUT2D eigenvalue weighted by Crippen LogP contribution is -2.47. The van der Waals surface area contributed by atoms with Crippen molar-refractivity contribution >= 4 is 0 Å². The lowest BCUT2D eigenvalue weighted by molar-refractivity contribution is 0.463. The van der Waals surface area contributed by atoms with Crippen molar-refractivity contribution in [3.63, 3.8) is 0 Å². The van der Waals surface area contributed by atoms with Gasteiger partial charge in [-0.1, -0.05) is 43.9 Å². The van der Waals surface area contributed by atoms with E-state index in [1.165, 1.54) is 19.9 Å². The summed E-state index contributed by atoms with van der Waals surface area (Å²) in [5, 5.41) is 0. The van der Waals surface area contributed by atoms with E-state index in [0.29, 0.717) is 17.4 Å². The van der Waals surface area contributed by atoms with E-state index in [9.17, 15) is 14.4 Å². The molecule has 0 spiro atoms. The molecule has 1 N–H and O–H groups in total. The van der Waals surface area contributed by atoms with Gasteiger partial charge in [-0.05, 0) is 48.2 Å². The number of rotatable bonds is 5. The van der Waals surface area contributed by atoms with Crippen LogP contribution in [0.15, 0.2) is 62.9 Å². The van der Waals surface area contributed by atoms with Crippen LogP contribution in [0, 0.1) is 5.92 Å². The lowest BCUT2D eigenvalue weighted by Gasteiger charge is -2.16. The molecule has 0 bridgehead atoms. The summed E-state index contributed by atoms with van der Waals surface area (Å²) >= 11 is 0. The van der Waals surface area contributed by atoms with Crippen LogP contribution in [-0.4, -0.2) is 14.1 Å². The van der Waals surface area contributed by atoms with Crippen LogP contribution < -0.4 is 21.8 Å². The highest BCUT2D eigenvalue weighted by Gasteiger charge is 2.19. The first kappa shape index (κ1) is 19.0. The summed E-state index contributed by atoms with van der Waals surface area (Å²) in [5.41, 5.74) is -0.797. The Labute approximate surface area is 167 Å². The van der Waals surface area contributed by atoms with Crippen LogP contribution in [0.3, 0.4) is 0 Å². The van der Waals surface area contributed by atoms with Crippen molar-refractivity contribution in [1.82, 2.24) is 14.1 Å². The molecule has 1 fully saturated rings. The Kier molecular flexibility index (Phi) is 5.20. The summed E-state index contributed by atoms with van der Waals surface area (Å²) in [6.45, 7) is 0. The minimum absolute atomic E-state index is 0.417. The quantitative estimate of drug-likeness (QED) is 0.722. The number of H-pyrrole nitrogens is 1. The Morgan fingerprint density at radius 2 is 1.72 bits per heavy atom. The molecular weight excluding hydrogens is 370 g/mol. The highest BCUT2D eigenvalue weighted by atomic mass is 16.5. The van der Waals surface area contributed by atoms with Crippen molar-refractivity contribution < 1.29 is 4.74 Å². The summed E-state index contributed by atoms with van der Waals surface area (Å²) in [6.07, 6.45) is 5.58. The van der Waals surface area contributed by atoms with Crippen molar-refractivity contribution in [1.29, 1.82) is 0 Å². The van der Waals surface area contributed by atoms with Crippen molar-refractivity contribution in [3.8, 4) is 17.2 Å². The predicted molar refractivity (Wildman–Crippen MR) is 110 cm³/mol. The van der Waals surface area contributed by atoms with Crippen LogP contribution in [0.1, 0.15) is 31.2 Å². The molecule has 29 heavy (non-hydrogen) atoms. The van der Waals surface area contributed by atoms with E-state index in [1.54, 1.807) is 12.1 Å². The number of hydrogen-bond acceptors (Lipinski definition) is 4. The Balaban J connectivity index is 1.79. The van der Waals surface area contributed by atoms with Gasteiger partial charge in [-0.3, -0.25) is 4.98 Å². The minimum Gasteiger partial charge on any atom is -0.457 e. The number of hydrogen-bond donors (Lipinski definition) is 1. The minimum atomic E-state index is -0.748. The summed E-state index contributed by atoms with van der Waals surface area (Å²) in [5.74, 6) is 1.99. The molecule has 1 heterocycles. The first-order chi connectivity index (χ1) is 14.0. The summed E-state index contributed by atoms with van der Waals surface area (Å²) in [6, 6.07) is 14.8. The van der Waals surface area contributed by atoms with E-state index < -0.39 is 17.1 Å². The third kappa shape index (κ3) is 3.94. The second-order valence-corrected chi connectivity index (χ2v) is 7.47. The molecule has 7 nitrogen and oxygen atoms in total. The molecule has 3 aromatic rings. The van der Waals surface area contributed by atoms with Gasteiger partial charge in [-0.2, -0.15) is 0 Å². The number of nitrogens with one attached hydrogen (secondary N) is 1. The van der Waals surface area contributed by atoms with Gasteiger partial charge in [0.05, 0.1) is 5.69 Å². The van der Waals surface area contributed by atoms with Gasteiger partial charge in [-0.25, -0.2) is 23.5 Å². The van der Waals surface area contributed by atoms with Crippen LogP contribution >= 0.6 is 0 Å². The molecule has 0 amide bonds. The van der Waals surface area contributed by atoms with Crippen LogP contribution in [0.4, 0.5) is 0 Å². The molecule has 150 valence electrons. The number of ether oxygens (including phenoxy) is 1. The Bertz CT molecular complexity index is 1190. The first-order valence-corrected chi connectivity index (χ1v) is 9.81. The monoisotopic (exact) mass is 393 g/mol. The maximum Gasteiger partial charge on any atom is 0.340 e. The fourth-order valence-corrected chi connectivity index (χ4v) is 3.89. The number of para-hydroxylation sites is 1. The topological polar surface area (TPSA) is 86.1 Å². The number of aromatic nitrogens is 3. The van der Waals surface area contributed by atoms with Gasteiger partial charge in [-0.15, -0.1) is 0 Å². The zero-order chi connectivity index (χ0) is 20.4. The molecule has 2 aromatic carbocycles. The second-order valence-electron chi connectivity index (χ2n) is 7.47. The molecular formula is C22H23N3O4. The molecule has 0 saturated heterocycles. The Morgan fingerprint density at radius 1 is 1.00 bits per heavy atom. The molecule has 4 rings (SSSR count). The zero-order valence-corrected chi connectivity index (χ0v) is 16.3. The Morgan fingerprint density at radius 3 is 2.45 bits per heavy atom. The molecule has 0 atom stereocenters. The van der Waals surface area contributed by atoms with Gasteiger partial charge >= 0.3 is 17.1 Å². The van der Waals surface area contributed by atoms with Gasteiger partial charge in [0, 0.05) is 7.05 Å². The van der Waals surface area contributed by atoms with Crippen molar-refractivity contribution in [3.05, 3.63) is 85.5 Å². The third-order valence-corrected chi connectivity index (χ3v) is 5.46. The highest BCUT2D eigenvalue weighted by Crippen LogP contribution is 2.33. The summed E-state index contributed by atoms with van der Waals surface area (Å²) in [7, 11) is 1.34. The maximum atomic E-state index is 12.5. The predicted octanol–water partition coefficient (Wildman–Crippen LogP) is 2.75. The van der Waals surface area contributed by atoms with Crippen LogP contribution in [0.2, 0.25) is 0 Å². The molecule has 0 aliphatic heterocycles. The van der Waals surface area contributed by atoms with Gasteiger partial charge in [0.15, 0.2) is 0 Å². The van der Waals surface area contributed by atoms with Crippen LogP contribution in [0.5, 0.6) is 11.5 Å². The van der Waals surface area contributed by atoms with Crippen LogP contribution in [0.25, 0.3) is 5.69 Å². The van der Waals surface area contributed by atoms with E-state index in [-0.39, 0.29) is 0 Å². The first-order valence-electron chi connectivity index (χ1n) is 9.81. The third-order valence-electron chi connectivity index (χ3n) is 5.46. The fraction of sp³-hybridized carbons (Fsp3) is 0.318. The molecule has 7 heteroatoms. The number of nitrogens with zero attached hydrogens (tertiary/aromatic N) is 2. The van der Waals surface area contributed by atoms with Crippen molar-refractivity contribution in [2.75, 3.05) is 0 Å². The van der Waals surface area contributed by atoms with Gasteiger partial charge in [0.2, 0.25) is 0 Å². The Hall–Kier alpha value is -3.35. The zero-order valence-electron chi connectivity index (χ0n) is 16.3. The smallest absolute Gasteiger partial charge is 0.340 e. The number of benzene rings is 2. The molecule has 1 saturated carbocycles. The molecule has 0 unspecified atom stereocenters. The standard InChI is InChI=1S/C22H23N3O4/c1-24-20(26)23-21(27)25(22(24)28)17-11-12-19(29-18-9-3-2-4-10-18)16(14-17)13-15-7-5-6-8-15/h2-4,9-12,14-15H,5-8,13H2,1H3,(H,23,26,27). The van der Waals surface area contributed by atoms with E-state index in [2.05, 4.69) is 4.98 Å². The van der Waals surface area contributed by atoms with Gasteiger partial charge in [0.25, 0.3) is 0 Å². The molecule has 1 aromatic heterocycles. The van der Waals surface area contributed by atoms with E-state index in [1.807, 2.05) is 36.4 Å². The SMILES string of the molecule is Cn1c(=O)[nH]c(=O)n(-c2ccc(Oc3ccccc3)c(CC3CCCC3)c2)c1=O. The largest absolute Gasteiger partial charge is 0.457 e. The average molecular weight is 393 g/mol. The molecule has 0 radical (unpaired) electrons. The highest BCUT2D eigenvalue weighted by molar-refractivity contribution is 5.46. The summed E-state index contributed by atoms with van der Waals surface area (Å²) < 4.78 is 7.94. The van der Waals surface area contributed by atoms with Crippen molar-refractivity contribution in [2.45, 2.75) is 32.1 Å². The second kappa shape index (κ2) is 7.95. The van der Waals surface area contributed by atoms with Gasteiger partial charge in [0.1, 0.15) is 11.5 Å². The molecule has 1 aliphatic rings. The number of aromatic amines is 1. The normalized spacial score (nSPS) is 14.2. The van der Waals surface area contributed by atoms with E-state index >= 15 is 0 Å².